The predicted molar refractivity (Wildman–Crippen MR) is 117 cm³/mol. The van der Waals surface area contributed by atoms with Crippen LogP contribution in [0.15, 0.2) is 78.9 Å². The molecular weight excluding hydrogens is 395 g/mol. The van der Waals surface area contributed by atoms with Gasteiger partial charge in [-0.2, -0.15) is 0 Å². The van der Waals surface area contributed by atoms with Crippen molar-refractivity contribution in [3.05, 3.63) is 90.2 Å². The van der Waals surface area contributed by atoms with Gasteiger partial charge < -0.3 is 15.0 Å². The molecule has 3 aromatic rings. The largest absolute Gasteiger partial charge is 0.455 e. The Morgan fingerprint density at radius 2 is 1.52 bits per heavy atom. The Morgan fingerprint density at radius 3 is 2.19 bits per heavy atom. The van der Waals surface area contributed by atoms with Crippen molar-refractivity contribution in [1.82, 2.24) is 4.90 Å². The van der Waals surface area contributed by atoms with Crippen LogP contribution in [0, 0.1) is 11.7 Å². The van der Waals surface area contributed by atoms with Crippen LogP contribution >= 0.6 is 0 Å². The molecule has 1 fully saturated rings. The van der Waals surface area contributed by atoms with E-state index < -0.39 is 11.8 Å². The van der Waals surface area contributed by atoms with E-state index >= 15 is 0 Å². The fourth-order valence-corrected chi connectivity index (χ4v) is 3.70. The van der Waals surface area contributed by atoms with Crippen LogP contribution in [-0.2, 0) is 0 Å². The normalized spacial score (nSPS) is 14.2. The summed E-state index contributed by atoms with van der Waals surface area (Å²) in [5, 5.41) is 2.65. The summed E-state index contributed by atoms with van der Waals surface area (Å²) in [4.78, 5) is 27.0. The lowest BCUT2D eigenvalue weighted by Gasteiger charge is -2.31. The molecule has 2 amide bonds. The van der Waals surface area contributed by atoms with Crippen LogP contribution in [0.5, 0.6) is 11.5 Å². The van der Waals surface area contributed by atoms with E-state index in [1.807, 2.05) is 48.5 Å². The van der Waals surface area contributed by atoms with E-state index in [1.54, 1.807) is 23.1 Å². The molecule has 0 spiro atoms. The van der Waals surface area contributed by atoms with Gasteiger partial charge in [0, 0.05) is 24.6 Å². The first-order valence-electron chi connectivity index (χ1n) is 10.3. The number of carbonyl (C=O) groups is 2. The highest BCUT2D eigenvalue weighted by Gasteiger charge is 2.28. The van der Waals surface area contributed by atoms with Crippen LogP contribution in [0.3, 0.4) is 0 Å². The highest BCUT2D eigenvalue weighted by molar-refractivity contribution is 5.98. The first-order chi connectivity index (χ1) is 15.1. The van der Waals surface area contributed by atoms with Crippen LogP contribution in [0.25, 0.3) is 0 Å². The smallest absolute Gasteiger partial charge is 0.322 e. The van der Waals surface area contributed by atoms with Crippen molar-refractivity contribution in [2.24, 2.45) is 5.92 Å². The first-order valence-corrected chi connectivity index (χ1v) is 10.3. The van der Waals surface area contributed by atoms with Crippen molar-refractivity contribution in [2.75, 3.05) is 18.4 Å². The molecule has 0 aliphatic carbocycles. The SMILES string of the molecule is O=C(c1ccccc1)C1CCN(C(=O)Nc2c(F)cccc2Oc2ccccc2)CC1. The molecule has 3 aromatic carbocycles. The average Bonchev–Trinajstić information content (AvgIpc) is 2.82. The highest BCUT2D eigenvalue weighted by Crippen LogP contribution is 2.32. The van der Waals surface area contributed by atoms with Gasteiger partial charge in [-0.05, 0) is 37.1 Å². The van der Waals surface area contributed by atoms with E-state index in [4.69, 9.17) is 4.74 Å². The maximum Gasteiger partial charge on any atom is 0.322 e. The summed E-state index contributed by atoms with van der Waals surface area (Å²) >= 11 is 0. The zero-order valence-corrected chi connectivity index (χ0v) is 17.0. The van der Waals surface area contributed by atoms with Crippen molar-refractivity contribution in [3.8, 4) is 11.5 Å². The third kappa shape index (κ3) is 4.91. The Morgan fingerprint density at radius 1 is 0.871 bits per heavy atom. The zero-order chi connectivity index (χ0) is 21.6. The van der Waals surface area contributed by atoms with Gasteiger partial charge >= 0.3 is 6.03 Å². The van der Waals surface area contributed by atoms with Gasteiger partial charge in [0.1, 0.15) is 11.4 Å². The molecule has 6 heteroatoms. The van der Waals surface area contributed by atoms with E-state index in [2.05, 4.69) is 5.32 Å². The molecule has 1 saturated heterocycles. The standard InChI is InChI=1S/C25H23FN2O3/c26-21-12-7-13-22(31-20-10-5-2-6-11-20)23(21)27-25(30)28-16-14-19(15-17-28)24(29)18-8-3-1-4-9-18/h1-13,19H,14-17H2,(H,27,30). The Hall–Kier alpha value is -3.67. The highest BCUT2D eigenvalue weighted by atomic mass is 19.1. The number of amides is 2. The average molecular weight is 418 g/mol. The molecule has 0 atom stereocenters. The van der Waals surface area contributed by atoms with E-state index in [0.29, 0.717) is 37.2 Å². The molecule has 1 N–H and O–H groups in total. The number of benzene rings is 3. The van der Waals surface area contributed by atoms with Crippen LogP contribution in [0.4, 0.5) is 14.9 Å². The number of ether oxygens (including phenoxy) is 1. The zero-order valence-electron chi connectivity index (χ0n) is 17.0. The van der Waals surface area contributed by atoms with Gasteiger partial charge in [-0.25, -0.2) is 9.18 Å². The first kappa shape index (κ1) is 20.6. The lowest BCUT2D eigenvalue weighted by Crippen LogP contribution is -2.42. The summed E-state index contributed by atoms with van der Waals surface area (Å²) in [6.45, 7) is 0.858. The molecule has 0 bridgehead atoms. The number of hydrogen-bond acceptors (Lipinski definition) is 3. The van der Waals surface area contributed by atoms with E-state index in [1.165, 1.54) is 12.1 Å². The number of nitrogens with one attached hydrogen (secondary N) is 1. The monoisotopic (exact) mass is 418 g/mol. The van der Waals surface area contributed by atoms with Crippen LogP contribution in [0.1, 0.15) is 23.2 Å². The number of ketones is 1. The van der Waals surface area contributed by atoms with Crippen LogP contribution in [0.2, 0.25) is 0 Å². The van der Waals surface area contributed by atoms with Crippen molar-refractivity contribution in [2.45, 2.75) is 12.8 Å². The summed E-state index contributed by atoms with van der Waals surface area (Å²) in [6, 6.07) is 22.2. The van der Waals surface area contributed by atoms with Gasteiger partial charge in [-0.3, -0.25) is 4.79 Å². The summed E-state index contributed by atoms with van der Waals surface area (Å²) in [5.41, 5.74) is 0.693. The fourth-order valence-electron chi connectivity index (χ4n) is 3.70. The summed E-state index contributed by atoms with van der Waals surface area (Å²) in [5.74, 6) is 0.193. The molecule has 1 aliphatic rings. The molecule has 0 unspecified atom stereocenters. The number of anilines is 1. The molecule has 1 aliphatic heterocycles. The lowest BCUT2D eigenvalue weighted by molar-refractivity contribution is 0.0859. The maximum absolute atomic E-state index is 14.5. The van der Waals surface area contributed by atoms with Crippen LogP contribution < -0.4 is 10.1 Å². The molecule has 1 heterocycles. The molecule has 0 saturated carbocycles. The summed E-state index contributed by atoms with van der Waals surface area (Å²) < 4.78 is 20.2. The third-order valence-corrected chi connectivity index (χ3v) is 5.39. The minimum Gasteiger partial charge on any atom is -0.455 e. The number of likely N-dealkylation sites (tertiary alicyclic amines) is 1. The number of hydrogen-bond donors (Lipinski definition) is 1. The number of urea groups is 1. The van der Waals surface area contributed by atoms with Gasteiger partial charge in [0.15, 0.2) is 17.3 Å². The minimum absolute atomic E-state index is 0.00108. The summed E-state index contributed by atoms with van der Waals surface area (Å²) in [6.07, 6.45) is 1.15. The molecule has 0 radical (unpaired) electrons. The Kier molecular flexibility index (Phi) is 6.26. The van der Waals surface area contributed by atoms with Gasteiger partial charge in [0.25, 0.3) is 0 Å². The lowest BCUT2D eigenvalue weighted by atomic mass is 9.89. The second-order valence-corrected chi connectivity index (χ2v) is 7.45. The summed E-state index contributed by atoms with van der Waals surface area (Å²) in [7, 11) is 0. The Labute approximate surface area is 180 Å². The molecule has 4 rings (SSSR count). The van der Waals surface area contributed by atoms with Crippen molar-refractivity contribution < 1.29 is 18.7 Å². The van der Waals surface area contributed by atoms with E-state index in [9.17, 15) is 14.0 Å². The second-order valence-electron chi connectivity index (χ2n) is 7.45. The predicted octanol–water partition coefficient (Wildman–Crippen LogP) is 5.74. The van der Waals surface area contributed by atoms with Gasteiger partial charge in [0.2, 0.25) is 0 Å². The molecule has 158 valence electrons. The topological polar surface area (TPSA) is 58.6 Å². The maximum atomic E-state index is 14.5. The van der Waals surface area contributed by atoms with E-state index in [-0.39, 0.29) is 23.1 Å². The number of carbonyl (C=O) groups excluding carboxylic acids is 2. The third-order valence-electron chi connectivity index (χ3n) is 5.39. The number of rotatable bonds is 5. The fraction of sp³-hybridized carbons (Fsp3) is 0.200. The molecular formula is C25H23FN2O3. The Balaban J connectivity index is 1.40. The molecule has 5 nitrogen and oxygen atoms in total. The molecule has 0 aromatic heterocycles. The number of para-hydroxylation sites is 2. The van der Waals surface area contributed by atoms with Crippen molar-refractivity contribution in [3.63, 3.8) is 0 Å². The number of halogens is 1. The van der Waals surface area contributed by atoms with Crippen molar-refractivity contribution in [1.29, 1.82) is 0 Å². The van der Waals surface area contributed by atoms with E-state index in [0.717, 1.165) is 0 Å². The van der Waals surface area contributed by atoms with Gasteiger partial charge in [-0.15, -0.1) is 0 Å². The number of Topliss-reactive ketones (excluding diaryl/α,β-unsaturated/α-hetero) is 1. The van der Waals surface area contributed by atoms with Crippen molar-refractivity contribution >= 4 is 17.5 Å². The minimum atomic E-state index is -0.573. The number of piperidine rings is 1. The van der Waals surface area contributed by atoms with Gasteiger partial charge in [0.05, 0.1) is 0 Å². The Bertz CT molecular complexity index is 1050. The van der Waals surface area contributed by atoms with Crippen LogP contribution in [-0.4, -0.2) is 29.8 Å². The van der Waals surface area contributed by atoms with Gasteiger partial charge in [-0.1, -0.05) is 54.6 Å². The number of nitrogens with zero attached hydrogens (tertiary/aromatic N) is 1. The molecule has 31 heavy (non-hydrogen) atoms. The quantitative estimate of drug-likeness (QED) is 0.537. The second kappa shape index (κ2) is 9.43.